The van der Waals surface area contributed by atoms with Gasteiger partial charge in [0.1, 0.15) is 17.2 Å². The molecule has 34 heavy (non-hydrogen) atoms. The number of imidazole rings is 2. The first-order chi connectivity index (χ1) is 16.5. The van der Waals surface area contributed by atoms with Crippen molar-refractivity contribution in [1.82, 2.24) is 34.4 Å². The third-order valence-corrected chi connectivity index (χ3v) is 6.21. The van der Waals surface area contributed by atoms with Crippen molar-refractivity contribution in [1.29, 1.82) is 0 Å². The van der Waals surface area contributed by atoms with E-state index in [9.17, 15) is 14.4 Å². The summed E-state index contributed by atoms with van der Waals surface area (Å²) in [5.74, 6) is 0.0968. The van der Waals surface area contributed by atoms with Crippen LogP contribution in [0.4, 0.5) is 5.69 Å². The molecule has 0 aliphatic carbocycles. The number of amides is 2. The van der Waals surface area contributed by atoms with Crippen LogP contribution in [-0.4, -0.2) is 52.7 Å². The zero-order valence-electron chi connectivity index (χ0n) is 18.1. The standard InChI is InChI=1S/C23H20N8O3/c1-12-20-25-11-18(21(32)27-15-3-2-4-16-19(15)29-23(34)28-16)31(20)10-9-30(12)22(33)17-6-5-13-14(26-17)7-8-24-13/h2-8,11-12,24H,9-10H2,1H3,(H,27,32)(H2,28,29,34). The largest absolute Gasteiger partial charge is 0.360 e. The van der Waals surface area contributed by atoms with Crippen LogP contribution in [0.25, 0.3) is 22.1 Å². The molecule has 1 atom stereocenters. The van der Waals surface area contributed by atoms with E-state index < -0.39 is 0 Å². The molecule has 170 valence electrons. The lowest BCUT2D eigenvalue weighted by Gasteiger charge is -2.34. The van der Waals surface area contributed by atoms with Crippen LogP contribution < -0.4 is 11.0 Å². The van der Waals surface area contributed by atoms with Crippen LogP contribution in [0.1, 0.15) is 39.8 Å². The lowest BCUT2D eigenvalue weighted by atomic mass is 10.1. The normalized spacial score (nSPS) is 15.6. The van der Waals surface area contributed by atoms with Gasteiger partial charge in [-0.2, -0.15) is 0 Å². The average molecular weight is 456 g/mol. The molecular formula is C23H20N8O3. The molecule has 0 bridgehead atoms. The summed E-state index contributed by atoms with van der Waals surface area (Å²) in [6.45, 7) is 2.72. The number of benzene rings is 1. The second-order valence-corrected chi connectivity index (χ2v) is 8.20. The summed E-state index contributed by atoms with van der Waals surface area (Å²) in [5, 5.41) is 2.86. The molecule has 0 fully saturated rings. The molecule has 0 saturated carbocycles. The lowest BCUT2D eigenvalue weighted by molar-refractivity contribution is 0.0630. The number of nitrogens with one attached hydrogen (secondary N) is 4. The molecule has 1 unspecified atom stereocenters. The van der Waals surface area contributed by atoms with Gasteiger partial charge in [-0.05, 0) is 37.3 Å². The number of para-hydroxylation sites is 1. The van der Waals surface area contributed by atoms with Gasteiger partial charge in [0.2, 0.25) is 0 Å². The van der Waals surface area contributed by atoms with E-state index in [1.54, 1.807) is 35.4 Å². The number of hydrogen-bond acceptors (Lipinski definition) is 5. The van der Waals surface area contributed by atoms with E-state index in [0.717, 1.165) is 11.0 Å². The smallest absolute Gasteiger partial charge is 0.323 e. The molecule has 0 saturated heterocycles. The highest BCUT2D eigenvalue weighted by molar-refractivity contribution is 6.07. The van der Waals surface area contributed by atoms with E-state index in [1.165, 1.54) is 6.20 Å². The first-order valence-electron chi connectivity index (χ1n) is 10.8. The van der Waals surface area contributed by atoms with Gasteiger partial charge in [0, 0.05) is 19.3 Å². The van der Waals surface area contributed by atoms with E-state index in [1.807, 2.05) is 23.6 Å². The fourth-order valence-corrected chi connectivity index (χ4v) is 4.51. The summed E-state index contributed by atoms with van der Waals surface area (Å²) in [7, 11) is 0. The van der Waals surface area contributed by atoms with Crippen LogP contribution in [0.2, 0.25) is 0 Å². The van der Waals surface area contributed by atoms with Gasteiger partial charge < -0.3 is 29.7 Å². The molecule has 1 aromatic carbocycles. The number of rotatable bonds is 3. The fraction of sp³-hybridized carbons (Fsp3) is 0.174. The minimum atomic E-state index is -0.347. The Labute approximate surface area is 191 Å². The predicted molar refractivity (Wildman–Crippen MR) is 125 cm³/mol. The van der Waals surface area contributed by atoms with E-state index in [-0.39, 0.29) is 23.5 Å². The predicted octanol–water partition coefficient (Wildman–Crippen LogP) is 2.40. The second-order valence-electron chi connectivity index (χ2n) is 8.20. The van der Waals surface area contributed by atoms with Gasteiger partial charge in [0.25, 0.3) is 11.8 Å². The maximum absolute atomic E-state index is 13.2. The molecule has 6 rings (SSSR count). The molecule has 11 heteroatoms. The minimum absolute atomic E-state index is 0.182. The zero-order valence-corrected chi connectivity index (χ0v) is 18.1. The Hall–Kier alpha value is -4.67. The van der Waals surface area contributed by atoms with Crippen LogP contribution in [0.5, 0.6) is 0 Å². The Kier molecular flexibility index (Phi) is 4.37. The van der Waals surface area contributed by atoms with Crippen LogP contribution in [0, 0.1) is 0 Å². The SMILES string of the molecule is CC1c2ncc(C(=O)Nc3cccc4[nH]c(=O)[nH]c34)n2CCN1C(=O)c1ccc2[nH]ccc2n1. The van der Waals surface area contributed by atoms with Crippen molar-refractivity contribution in [2.24, 2.45) is 0 Å². The lowest BCUT2D eigenvalue weighted by Crippen LogP contribution is -2.42. The number of aromatic nitrogens is 6. The first-order valence-corrected chi connectivity index (χ1v) is 10.8. The molecule has 5 aromatic rings. The summed E-state index contributed by atoms with van der Waals surface area (Å²) < 4.78 is 1.83. The van der Waals surface area contributed by atoms with Gasteiger partial charge in [-0.3, -0.25) is 9.59 Å². The molecule has 2 amide bonds. The number of H-pyrrole nitrogens is 3. The first kappa shape index (κ1) is 20.0. The number of nitrogens with zero attached hydrogens (tertiary/aromatic N) is 4. The highest BCUT2D eigenvalue weighted by Crippen LogP contribution is 2.28. The Balaban J connectivity index is 1.26. The zero-order chi connectivity index (χ0) is 23.4. The molecule has 11 nitrogen and oxygen atoms in total. The van der Waals surface area contributed by atoms with Gasteiger partial charge in [0.15, 0.2) is 0 Å². The molecule has 1 aliphatic heterocycles. The Morgan fingerprint density at radius 3 is 2.85 bits per heavy atom. The minimum Gasteiger partial charge on any atom is -0.360 e. The fourth-order valence-electron chi connectivity index (χ4n) is 4.51. The van der Waals surface area contributed by atoms with Crippen LogP contribution in [0.15, 0.2) is 53.6 Å². The highest BCUT2D eigenvalue weighted by atomic mass is 16.2. The van der Waals surface area contributed by atoms with Crippen molar-refractivity contribution in [3.8, 4) is 0 Å². The van der Waals surface area contributed by atoms with E-state index in [2.05, 4.69) is 30.2 Å². The van der Waals surface area contributed by atoms with E-state index in [0.29, 0.717) is 47.0 Å². The Bertz CT molecular complexity index is 1640. The maximum Gasteiger partial charge on any atom is 0.323 e. The van der Waals surface area contributed by atoms with Crippen molar-refractivity contribution in [3.63, 3.8) is 0 Å². The number of anilines is 1. The molecule has 4 N–H and O–H groups in total. The summed E-state index contributed by atoms with van der Waals surface area (Å²) in [5.41, 5.74) is 3.62. The third-order valence-electron chi connectivity index (χ3n) is 6.21. The maximum atomic E-state index is 13.2. The van der Waals surface area contributed by atoms with E-state index >= 15 is 0 Å². The molecule has 5 heterocycles. The molecule has 0 radical (unpaired) electrons. The molecule has 4 aromatic heterocycles. The van der Waals surface area contributed by atoms with Crippen LogP contribution in [0.3, 0.4) is 0 Å². The van der Waals surface area contributed by atoms with E-state index in [4.69, 9.17) is 0 Å². The van der Waals surface area contributed by atoms with Crippen molar-refractivity contribution in [2.45, 2.75) is 19.5 Å². The number of carbonyl (C=O) groups excluding carboxylic acids is 2. The van der Waals surface area contributed by atoms with Gasteiger partial charge in [-0.15, -0.1) is 0 Å². The number of aromatic amines is 3. The molecule has 1 aliphatic rings. The van der Waals surface area contributed by atoms with Crippen molar-refractivity contribution < 1.29 is 9.59 Å². The van der Waals surface area contributed by atoms with Gasteiger partial charge in [-0.1, -0.05) is 6.07 Å². The van der Waals surface area contributed by atoms with Crippen LogP contribution in [-0.2, 0) is 6.54 Å². The van der Waals surface area contributed by atoms with Crippen molar-refractivity contribution in [3.05, 3.63) is 76.5 Å². The average Bonchev–Trinajstić information content (AvgIpc) is 3.56. The summed E-state index contributed by atoms with van der Waals surface area (Å²) in [4.78, 5) is 57.0. The Morgan fingerprint density at radius 2 is 1.97 bits per heavy atom. The number of fused-ring (bicyclic) bond motifs is 3. The quantitative estimate of drug-likeness (QED) is 0.329. The second kappa shape index (κ2) is 7.44. The molecular weight excluding hydrogens is 436 g/mol. The summed E-state index contributed by atoms with van der Waals surface area (Å²) >= 11 is 0. The number of carbonyl (C=O) groups is 2. The third kappa shape index (κ3) is 3.09. The van der Waals surface area contributed by atoms with Gasteiger partial charge in [0.05, 0.1) is 40.0 Å². The Morgan fingerprint density at radius 1 is 1.09 bits per heavy atom. The van der Waals surface area contributed by atoms with Gasteiger partial charge in [-0.25, -0.2) is 14.8 Å². The highest BCUT2D eigenvalue weighted by Gasteiger charge is 2.32. The molecule has 0 spiro atoms. The number of hydrogen-bond donors (Lipinski definition) is 4. The summed E-state index contributed by atoms with van der Waals surface area (Å²) in [6.07, 6.45) is 3.30. The van der Waals surface area contributed by atoms with Gasteiger partial charge >= 0.3 is 5.69 Å². The number of pyridine rings is 1. The summed E-state index contributed by atoms with van der Waals surface area (Å²) in [6, 6.07) is 10.3. The van der Waals surface area contributed by atoms with Crippen LogP contribution >= 0.6 is 0 Å². The monoisotopic (exact) mass is 456 g/mol. The van der Waals surface area contributed by atoms with Crippen molar-refractivity contribution in [2.75, 3.05) is 11.9 Å². The van der Waals surface area contributed by atoms with Crippen molar-refractivity contribution >= 4 is 39.6 Å². The topological polar surface area (TPSA) is 145 Å².